The van der Waals surface area contributed by atoms with Crippen LogP contribution in [0.25, 0.3) is 0 Å². The smallest absolute Gasteiger partial charge is 0.253 e. The van der Waals surface area contributed by atoms with Crippen LogP contribution in [0.15, 0.2) is 29.2 Å². The number of hydrogen-bond acceptors (Lipinski definition) is 5. The lowest BCUT2D eigenvalue weighted by Crippen LogP contribution is -2.49. The third kappa shape index (κ3) is 4.52. The monoisotopic (exact) mass is 405 g/mol. The minimum Gasteiger partial charge on any atom is -0.365 e. The Labute approximate surface area is 164 Å². The predicted molar refractivity (Wildman–Crippen MR) is 102 cm³/mol. The van der Waals surface area contributed by atoms with Crippen molar-refractivity contribution in [1.82, 2.24) is 14.5 Å². The van der Waals surface area contributed by atoms with Crippen molar-refractivity contribution in [3.63, 3.8) is 0 Å². The Balaban J connectivity index is 1.70. The maximum absolute atomic E-state index is 12.8. The maximum atomic E-state index is 12.8. The highest BCUT2D eigenvalue weighted by molar-refractivity contribution is 7.89. The number of piperidine rings is 1. The van der Waals surface area contributed by atoms with E-state index in [1.165, 1.54) is 12.1 Å². The molecule has 2 amide bonds. The molecule has 0 saturated carbocycles. The molecule has 0 bridgehead atoms. The number of ether oxygens (including phenoxy) is 1. The van der Waals surface area contributed by atoms with Crippen LogP contribution >= 0.6 is 0 Å². The van der Waals surface area contributed by atoms with E-state index in [1.54, 1.807) is 17.0 Å². The molecule has 150 valence electrons. The fourth-order valence-electron chi connectivity index (χ4n) is 3.33. The van der Waals surface area contributed by atoms with E-state index in [4.69, 9.17) is 11.2 Å². The normalized spacial score (nSPS) is 19.1. The van der Waals surface area contributed by atoms with Gasteiger partial charge >= 0.3 is 0 Å². The van der Waals surface area contributed by atoms with E-state index >= 15 is 0 Å². The lowest BCUT2D eigenvalue weighted by atomic mass is 10.1. The van der Waals surface area contributed by atoms with Crippen molar-refractivity contribution in [1.29, 1.82) is 0 Å². The summed E-state index contributed by atoms with van der Waals surface area (Å²) in [5.41, 5.74) is 0.311. The van der Waals surface area contributed by atoms with Gasteiger partial charge in [-0.05, 0) is 31.0 Å². The molecule has 8 nitrogen and oxygen atoms in total. The third-order valence-electron chi connectivity index (χ3n) is 4.85. The van der Waals surface area contributed by atoms with Gasteiger partial charge in [0.25, 0.3) is 5.91 Å². The first-order valence-corrected chi connectivity index (χ1v) is 10.6. The van der Waals surface area contributed by atoms with Crippen molar-refractivity contribution in [3.8, 4) is 12.3 Å². The molecule has 0 aromatic heterocycles. The molecule has 28 heavy (non-hydrogen) atoms. The Kier molecular flexibility index (Phi) is 6.34. The number of carbonyl (C=O) groups excluding carboxylic acids is 2. The average molecular weight is 405 g/mol. The number of carbonyl (C=O) groups is 2. The highest BCUT2D eigenvalue weighted by atomic mass is 32.2. The second kappa shape index (κ2) is 8.73. The van der Waals surface area contributed by atoms with Crippen LogP contribution in [-0.2, 0) is 19.6 Å². The number of amides is 2. The van der Waals surface area contributed by atoms with E-state index in [2.05, 4.69) is 11.2 Å². The summed E-state index contributed by atoms with van der Waals surface area (Å²) in [4.78, 5) is 26.0. The van der Waals surface area contributed by atoms with Crippen molar-refractivity contribution in [3.05, 3.63) is 29.8 Å². The van der Waals surface area contributed by atoms with E-state index in [-0.39, 0.29) is 49.1 Å². The molecule has 1 N–H and O–H groups in total. The number of terminal acetylenes is 1. The summed E-state index contributed by atoms with van der Waals surface area (Å²) >= 11 is 0. The quantitative estimate of drug-likeness (QED) is 0.699. The molecule has 0 aliphatic carbocycles. The van der Waals surface area contributed by atoms with E-state index in [1.807, 2.05) is 0 Å². The Morgan fingerprint density at radius 2 is 2.04 bits per heavy atom. The van der Waals surface area contributed by atoms with Gasteiger partial charge in [-0.25, -0.2) is 8.42 Å². The van der Waals surface area contributed by atoms with Crippen molar-refractivity contribution in [2.24, 2.45) is 0 Å². The third-order valence-corrected chi connectivity index (χ3v) is 6.69. The molecule has 2 heterocycles. The first kappa shape index (κ1) is 20.3. The predicted octanol–water partition coefficient (Wildman–Crippen LogP) is 0.0615. The number of piperazine rings is 1. The minimum absolute atomic E-state index is 0.0142. The van der Waals surface area contributed by atoms with Crippen molar-refractivity contribution < 1.29 is 22.7 Å². The highest BCUT2D eigenvalue weighted by Gasteiger charge is 2.30. The first-order chi connectivity index (χ1) is 13.4. The summed E-state index contributed by atoms with van der Waals surface area (Å²) in [5.74, 6) is 1.88. The Bertz CT molecular complexity index is 885. The second-order valence-corrected chi connectivity index (χ2v) is 8.66. The summed E-state index contributed by atoms with van der Waals surface area (Å²) in [6, 6.07) is 5.97. The van der Waals surface area contributed by atoms with Gasteiger partial charge in [-0.2, -0.15) is 4.31 Å². The van der Waals surface area contributed by atoms with Gasteiger partial charge < -0.3 is 15.0 Å². The number of benzene rings is 1. The number of nitrogens with zero attached hydrogens (tertiary/aromatic N) is 2. The number of likely N-dealkylation sites (tertiary alicyclic amines) is 1. The van der Waals surface area contributed by atoms with Gasteiger partial charge in [0.15, 0.2) is 0 Å². The maximum Gasteiger partial charge on any atom is 0.253 e. The van der Waals surface area contributed by atoms with Crippen molar-refractivity contribution in [2.75, 3.05) is 39.3 Å². The molecule has 2 aliphatic heterocycles. The zero-order valence-corrected chi connectivity index (χ0v) is 16.3. The minimum atomic E-state index is -3.84. The second-order valence-electron chi connectivity index (χ2n) is 6.72. The number of nitrogens with one attached hydrogen (secondary N) is 1. The molecule has 2 saturated heterocycles. The lowest BCUT2D eigenvalue weighted by molar-refractivity contribution is -0.122. The van der Waals surface area contributed by atoms with E-state index < -0.39 is 10.0 Å². The van der Waals surface area contributed by atoms with Crippen molar-refractivity contribution in [2.45, 2.75) is 23.8 Å². The molecule has 3 rings (SSSR count). The molecule has 0 radical (unpaired) electrons. The van der Waals surface area contributed by atoms with Crippen LogP contribution in [0.4, 0.5) is 0 Å². The van der Waals surface area contributed by atoms with E-state index in [9.17, 15) is 18.0 Å². The standard InChI is InChI=1S/C19H23N3O5S/c1-2-12-27-16-6-9-21(10-7-16)19(24)15-4-3-5-17(13-15)28(25,26)22-11-8-20-18(23)14-22/h1,3-5,13,16H,6-12,14H2,(H,20,23). The number of sulfonamides is 1. The zero-order valence-electron chi connectivity index (χ0n) is 15.5. The molecule has 9 heteroatoms. The Hall–Kier alpha value is -2.41. The van der Waals surface area contributed by atoms with Gasteiger partial charge in [0.05, 0.1) is 17.5 Å². The van der Waals surface area contributed by atoms with E-state index in [0.717, 1.165) is 4.31 Å². The zero-order chi connectivity index (χ0) is 20.1. The molecule has 0 atom stereocenters. The molecule has 2 aliphatic rings. The summed E-state index contributed by atoms with van der Waals surface area (Å²) in [6.45, 7) is 1.57. The highest BCUT2D eigenvalue weighted by Crippen LogP contribution is 2.21. The van der Waals surface area contributed by atoms with Crippen LogP contribution in [-0.4, -0.2) is 74.9 Å². The molecule has 1 aromatic rings. The molecular formula is C19H23N3O5S. The van der Waals surface area contributed by atoms with E-state index in [0.29, 0.717) is 31.5 Å². The van der Waals surface area contributed by atoms with Crippen LogP contribution in [0, 0.1) is 12.3 Å². The number of rotatable bonds is 5. The fraction of sp³-hybridized carbons (Fsp3) is 0.474. The molecule has 0 unspecified atom stereocenters. The first-order valence-electron chi connectivity index (χ1n) is 9.13. The summed E-state index contributed by atoms with van der Waals surface area (Å²) in [5, 5.41) is 2.60. The summed E-state index contributed by atoms with van der Waals surface area (Å²) in [6.07, 6.45) is 6.61. The number of hydrogen-bond donors (Lipinski definition) is 1. The molecular weight excluding hydrogens is 382 g/mol. The van der Waals surface area contributed by atoms with Gasteiger partial charge in [0.2, 0.25) is 15.9 Å². The Morgan fingerprint density at radius 3 is 2.71 bits per heavy atom. The SMILES string of the molecule is C#CCOC1CCN(C(=O)c2cccc(S(=O)(=O)N3CCNC(=O)C3)c2)CC1. The van der Waals surface area contributed by atoms with Crippen molar-refractivity contribution >= 4 is 21.8 Å². The summed E-state index contributed by atoms with van der Waals surface area (Å²) in [7, 11) is -3.84. The van der Waals surface area contributed by atoms with Gasteiger partial charge in [-0.3, -0.25) is 9.59 Å². The average Bonchev–Trinajstić information content (AvgIpc) is 2.72. The van der Waals surface area contributed by atoms with Crippen LogP contribution in [0.1, 0.15) is 23.2 Å². The largest absolute Gasteiger partial charge is 0.365 e. The fourth-order valence-corrected chi connectivity index (χ4v) is 4.78. The molecule has 1 aromatic carbocycles. The van der Waals surface area contributed by atoms with Gasteiger partial charge in [0, 0.05) is 31.7 Å². The van der Waals surface area contributed by atoms with Crippen LogP contribution in [0.3, 0.4) is 0 Å². The van der Waals surface area contributed by atoms with Crippen LogP contribution in [0.2, 0.25) is 0 Å². The summed E-state index contributed by atoms with van der Waals surface area (Å²) < 4.78 is 32.3. The van der Waals surface area contributed by atoms with Crippen LogP contribution in [0.5, 0.6) is 0 Å². The van der Waals surface area contributed by atoms with Gasteiger partial charge in [-0.15, -0.1) is 6.42 Å². The topological polar surface area (TPSA) is 96.0 Å². The van der Waals surface area contributed by atoms with Crippen LogP contribution < -0.4 is 5.32 Å². The molecule has 2 fully saturated rings. The lowest BCUT2D eigenvalue weighted by Gasteiger charge is -2.31. The molecule has 0 spiro atoms. The van der Waals surface area contributed by atoms with Gasteiger partial charge in [0.1, 0.15) is 6.61 Å². The van der Waals surface area contributed by atoms with Gasteiger partial charge in [-0.1, -0.05) is 12.0 Å². The Morgan fingerprint density at radius 1 is 1.29 bits per heavy atom.